The van der Waals surface area contributed by atoms with E-state index in [1.165, 1.54) is 17.6 Å². The molecule has 1 aliphatic rings. The molecule has 0 unspecified atom stereocenters. The first-order chi connectivity index (χ1) is 9.81. The number of rotatable bonds is 6. The predicted molar refractivity (Wildman–Crippen MR) is 82.8 cm³/mol. The molecule has 0 spiro atoms. The van der Waals surface area contributed by atoms with Crippen molar-refractivity contribution in [3.63, 3.8) is 0 Å². The Morgan fingerprint density at radius 2 is 1.86 bits per heavy atom. The van der Waals surface area contributed by atoms with Gasteiger partial charge >= 0.3 is 0 Å². The normalized spacial score (nSPS) is 13.5. The maximum absolute atomic E-state index is 11.7. The van der Waals surface area contributed by atoms with Crippen LogP contribution in [0.3, 0.4) is 0 Å². The molecule has 2 N–H and O–H groups in total. The van der Waals surface area contributed by atoms with E-state index in [-0.39, 0.29) is 18.3 Å². The van der Waals surface area contributed by atoms with E-state index in [1.807, 2.05) is 24.3 Å². The Labute approximate surface area is 129 Å². The SMILES string of the molecule is Cl.O=C(CNCC1CC1)Nc1ccc(-n2nccn2)cc1. The summed E-state index contributed by atoms with van der Waals surface area (Å²) in [7, 11) is 0. The standard InChI is InChI=1S/C14H17N5O.ClH/c20-14(10-15-9-11-1-2-11)18-12-3-5-13(6-4-12)19-16-7-8-17-19;/h3-8,11,15H,1-2,9-10H2,(H,18,20);1H. The lowest BCUT2D eigenvalue weighted by molar-refractivity contribution is -0.115. The largest absolute Gasteiger partial charge is 0.325 e. The Hall–Kier alpha value is -1.92. The number of nitrogens with one attached hydrogen (secondary N) is 2. The van der Waals surface area contributed by atoms with Gasteiger partial charge in [-0.1, -0.05) is 0 Å². The molecule has 0 aliphatic heterocycles. The van der Waals surface area contributed by atoms with E-state index < -0.39 is 0 Å². The average molecular weight is 308 g/mol. The Morgan fingerprint density at radius 1 is 1.19 bits per heavy atom. The van der Waals surface area contributed by atoms with E-state index >= 15 is 0 Å². The van der Waals surface area contributed by atoms with Crippen molar-refractivity contribution >= 4 is 24.0 Å². The molecule has 1 amide bonds. The summed E-state index contributed by atoms with van der Waals surface area (Å²) in [5.41, 5.74) is 1.64. The summed E-state index contributed by atoms with van der Waals surface area (Å²) in [6, 6.07) is 7.43. The lowest BCUT2D eigenvalue weighted by Gasteiger charge is -2.07. The van der Waals surface area contributed by atoms with Crippen LogP contribution in [0.4, 0.5) is 5.69 Å². The lowest BCUT2D eigenvalue weighted by atomic mass is 10.3. The molecule has 0 bridgehead atoms. The van der Waals surface area contributed by atoms with E-state index in [2.05, 4.69) is 20.8 Å². The fourth-order valence-electron chi connectivity index (χ4n) is 1.94. The van der Waals surface area contributed by atoms with Crippen molar-refractivity contribution in [3.8, 4) is 5.69 Å². The van der Waals surface area contributed by atoms with Crippen LogP contribution in [0.2, 0.25) is 0 Å². The summed E-state index contributed by atoms with van der Waals surface area (Å²) in [6.07, 6.45) is 5.83. The third-order valence-electron chi connectivity index (χ3n) is 3.22. The van der Waals surface area contributed by atoms with Gasteiger partial charge in [-0.3, -0.25) is 4.79 Å². The van der Waals surface area contributed by atoms with Gasteiger partial charge in [0.2, 0.25) is 5.91 Å². The minimum Gasteiger partial charge on any atom is -0.325 e. The minimum atomic E-state index is -0.0179. The van der Waals surface area contributed by atoms with Crippen LogP contribution < -0.4 is 10.6 Å². The monoisotopic (exact) mass is 307 g/mol. The van der Waals surface area contributed by atoms with Crippen LogP contribution in [0.5, 0.6) is 0 Å². The zero-order valence-electron chi connectivity index (χ0n) is 11.5. The van der Waals surface area contributed by atoms with Crippen molar-refractivity contribution < 1.29 is 4.79 Å². The minimum absolute atomic E-state index is 0. The molecule has 1 saturated carbocycles. The maximum Gasteiger partial charge on any atom is 0.238 e. The van der Waals surface area contributed by atoms with Gasteiger partial charge < -0.3 is 10.6 Å². The molecule has 0 radical (unpaired) electrons. The number of benzene rings is 1. The number of carbonyl (C=O) groups is 1. The molecular weight excluding hydrogens is 290 g/mol. The number of hydrogen-bond acceptors (Lipinski definition) is 4. The van der Waals surface area contributed by atoms with Gasteiger partial charge in [0.05, 0.1) is 24.6 Å². The smallest absolute Gasteiger partial charge is 0.238 e. The number of aromatic nitrogens is 3. The van der Waals surface area contributed by atoms with E-state index in [0.717, 1.165) is 23.8 Å². The van der Waals surface area contributed by atoms with Gasteiger partial charge in [0, 0.05) is 5.69 Å². The van der Waals surface area contributed by atoms with Crippen molar-refractivity contribution in [1.82, 2.24) is 20.3 Å². The van der Waals surface area contributed by atoms with Crippen LogP contribution in [-0.4, -0.2) is 34.0 Å². The van der Waals surface area contributed by atoms with Gasteiger partial charge in [0.1, 0.15) is 0 Å². The van der Waals surface area contributed by atoms with Crippen LogP contribution in [0.15, 0.2) is 36.7 Å². The number of amides is 1. The number of carbonyl (C=O) groups excluding carboxylic acids is 1. The van der Waals surface area contributed by atoms with Crippen molar-refractivity contribution in [3.05, 3.63) is 36.7 Å². The van der Waals surface area contributed by atoms with Gasteiger partial charge in [-0.05, 0) is 49.6 Å². The molecule has 1 heterocycles. The molecule has 1 aliphatic carbocycles. The van der Waals surface area contributed by atoms with Crippen molar-refractivity contribution in [1.29, 1.82) is 0 Å². The molecule has 1 fully saturated rings. The fourth-order valence-corrected chi connectivity index (χ4v) is 1.94. The topological polar surface area (TPSA) is 71.8 Å². The summed E-state index contributed by atoms with van der Waals surface area (Å²) in [4.78, 5) is 13.3. The molecule has 1 aromatic heterocycles. The molecule has 7 heteroatoms. The molecule has 1 aromatic carbocycles. The highest BCUT2D eigenvalue weighted by molar-refractivity contribution is 5.92. The first-order valence-corrected chi connectivity index (χ1v) is 6.78. The highest BCUT2D eigenvalue weighted by Crippen LogP contribution is 2.27. The first kappa shape index (κ1) is 15.5. The van der Waals surface area contributed by atoms with Gasteiger partial charge in [-0.2, -0.15) is 15.0 Å². The zero-order chi connectivity index (χ0) is 13.8. The van der Waals surface area contributed by atoms with Crippen LogP contribution in [0.1, 0.15) is 12.8 Å². The predicted octanol–water partition coefficient (Wildman–Crippen LogP) is 1.63. The van der Waals surface area contributed by atoms with E-state index in [9.17, 15) is 4.79 Å². The summed E-state index contributed by atoms with van der Waals surface area (Å²) in [5.74, 6) is 0.763. The van der Waals surface area contributed by atoms with Crippen LogP contribution in [0.25, 0.3) is 5.69 Å². The summed E-state index contributed by atoms with van der Waals surface area (Å²) < 4.78 is 0. The summed E-state index contributed by atoms with van der Waals surface area (Å²) in [6.45, 7) is 1.30. The third kappa shape index (κ3) is 4.54. The maximum atomic E-state index is 11.7. The summed E-state index contributed by atoms with van der Waals surface area (Å²) >= 11 is 0. The molecule has 3 rings (SSSR count). The fraction of sp³-hybridized carbons (Fsp3) is 0.357. The lowest BCUT2D eigenvalue weighted by Crippen LogP contribution is -2.29. The van der Waals surface area contributed by atoms with Crippen molar-refractivity contribution in [2.24, 2.45) is 5.92 Å². The second kappa shape index (κ2) is 7.19. The molecule has 6 nitrogen and oxygen atoms in total. The molecular formula is C14H18ClN5O. The van der Waals surface area contributed by atoms with Gasteiger partial charge in [0.15, 0.2) is 0 Å². The van der Waals surface area contributed by atoms with Crippen molar-refractivity contribution in [2.45, 2.75) is 12.8 Å². The number of anilines is 1. The average Bonchev–Trinajstić information content (AvgIpc) is 3.11. The second-order valence-electron chi connectivity index (χ2n) is 4.99. The highest BCUT2D eigenvalue weighted by atomic mass is 35.5. The highest BCUT2D eigenvalue weighted by Gasteiger charge is 2.20. The Bertz CT molecular complexity index is 566. The van der Waals surface area contributed by atoms with Gasteiger partial charge in [0.25, 0.3) is 0 Å². The molecule has 0 saturated heterocycles. The van der Waals surface area contributed by atoms with E-state index in [4.69, 9.17) is 0 Å². The van der Waals surface area contributed by atoms with E-state index in [0.29, 0.717) is 6.54 Å². The Balaban J connectivity index is 0.00000161. The molecule has 21 heavy (non-hydrogen) atoms. The molecule has 0 atom stereocenters. The van der Waals surface area contributed by atoms with Crippen LogP contribution in [0, 0.1) is 5.92 Å². The van der Waals surface area contributed by atoms with Crippen molar-refractivity contribution in [2.75, 3.05) is 18.4 Å². The Kier molecular flexibility index (Phi) is 5.30. The van der Waals surface area contributed by atoms with Gasteiger partial charge in [-0.15, -0.1) is 12.4 Å². The molecule has 2 aromatic rings. The first-order valence-electron chi connectivity index (χ1n) is 6.78. The quantitative estimate of drug-likeness (QED) is 0.851. The summed E-state index contributed by atoms with van der Waals surface area (Å²) in [5, 5.41) is 14.1. The zero-order valence-corrected chi connectivity index (χ0v) is 12.3. The number of hydrogen-bond donors (Lipinski definition) is 2. The van der Waals surface area contributed by atoms with Crippen LogP contribution in [-0.2, 0) is 4.79 Å². The number of halogens is 1. The third-order valence-corrected chi connectivity index (χ3v) is 3.22. The van der Waals surface area contributed by atoms with Crippen LogP contribution >= 0.6 is 12.4 Å². The second-order valence-corrected chi connectivity index (χ2v) is 4.99. The molecule has 112 valence electrons. The Morgan fingerprint density at radius 3 is 2.48 bits per heavy atom. The number of nitrogens with zero attached hydrogens (tertiary/aromatic N) is 3. The van der Waals surface area contributed by atoms with E-state index in [1.54, 1.807) is 12.4 Å². The van der Waals surface area contributed by atoms with Gasteiger partial charge in [-0.25, -0.2) is 0 Å².